The molecule has 32 heavy (non-hydrogen) atoms. The summed E-state index contributed by atoms with van der Waals surface area (Å²) < 4.78 is 27.5. The van der Waals surface area contributed by atoms with Gasteiger partial charge in [-0.2, -0.15) is 0 Å². The second-order valence-electron chi connectivity index (χ2n) is 7.87. The molecule has 1 amide bonds. The van der Waals surface area contributed by atoms with Gasteiger partial charge in [0.25, 0.3) is 15.9 Å². The Balaban J connectivity index is 1.25. The van der Waals surface area contributed by atoms with Crippen molar-refractivity contribution in [2.24, 2.45) is 5.92 Å². The lowest BCUT2D eigenvalue weighted by Gasteiger charge is -2.31. The van der Waals surface area contributed by atoms with Crippen molar-refractivity contribution >= 4 is 33.0 Å². The number of piperidine rings is 1. The molecule has 0 saturated carbocycles. The van der Waals surface area contributed by atoms with E-state index in [0.717, 1.165) is 32.5 Å². The van der Waals surface area contributed by atoms with Crippen molar-refractivity contribution in [3.63, 3.8) is 0 Å². The fraction of sp³-hybridized carbons (Fsp3) is 0.304. The van der Waals surface area contributed by atoms with Crippen LogP contribution < -0.4 is 10.0 Å². The number of aromatic nitrogens is 1. The van der Waals surface area contributed by atoms with Gasteiger partial charge in [0.1, 0.15) is 0 Å². The second kappa shape index (κ2) is 10.2. The molecule has 0 bridgehead atoms. The monoisotopic (exact) mass is 470 g/mol. The van der Waals surface area contributed by atoms with Crippen LogP contribution in [0.25, 0.3) is 0 Å². The van der Waals surface area contributed by atoms with Crippen LogP contribution in [-0.2, 0) is 16.6 Å². The molecule has 9 heteroatoms. The maximum absolute atomic E-state index is 12.5. The van der Waals surface area contributed by atoms with Gasteiger partial charge >= 0.3 is 0 Å². The predicted octanol–water partition coefficient (Wildman–Crippen LogP) is 3.59. The van der Waals surface area contributed by atoms with Gasteiger partial charge in [0.15, 0.2) is 0 Å². The molecule has 1 fully saturated rings. The lowest BCUT2D eigenvalue weighted by molar-refractivity contribution is 0.0935. The first-order chi connectivity index (χ1) is 15.5. The summed E-state index contributed by atoms with van der Waals surface area (Å²) in [6.45, 7) is 3.71. The van der Waals surface area contributed by atoms with Gasteiger partial charge in [-0.15, -0.1) is 11.3 Å². The zero-order valence-electron chi connectivity index (χ0n) is 17.6. The largest absolute Gasteiger partial charge is 0.352 e. The van der Waals surface area contributed by atoms with Crippen molar-refractivity contribution in [3.8, 4) is 0 Å². The number of anilines is 1. The summed E-state index contributed by atoms with van der Waals surface area (Å²) in [6, 6.07) is 13.4. The van der Waals surface area contributed by atoms with Gasteiger partial charge in [-0.25, -0.2) is 8.42 Å². The van der Waals surface area contributed by atoms with Crippen LogP contribution in [0.5, 0.6) is 0 Å². The number of likely N-dealkylation sites (tertiary alicyclic amines) is 1. The third kappa shape index (κ3) is 5.93. The summed E-state index contributed by atoms with van der Waals surface area (Å²) in [7, 11) is -3.72. The van der Waals surface area contributed by atoms with Gasteiger partial charge in [-0.3, -0.25) is 19.4 Å². The van der Waals surface area contributed by atoms with Gasteiger partial charge in [0, 0.05) is 35.9 Å². The molecule has 0 unspecified atom stereocenters. The Morgan fingerprint density at radius 2 is 1.78 bits per heavy atom. The number of sulfonamides is 1. The number of thiophene rings is 1. The maximum Gasteiger partial charge on any atom is 0.261 e. The Hall–Kier alpha value is -2.75. The van der Waals surface area contributed by atoms with Crippen molar-refractivity contribution in [1.82, 2.24) is 15.2 Å². The first-order valence-electron chi connectivity index (χ1n) is 10.6. The molecular formula is C23H26N4O3S2. The number of amides is 1. The van der Waals surface area contributed by atoms with E-state index in [1.54, 1.807) is 35.6 Å². The highest BCUT2D eigenvalue weighted by Gasteiger charge is 2.21. The Labute approximate surface area is 192 Å². The quantitative estimate of drug-likeness (QED) is 0.525. The van der Waals surface area contributed by atoms with E-state index in [-0.39, 0.29) is 10.8 Å². The first-order valence-corrected chi connectivity index (χ1v) is 12.9. The van der Waals surface area contributed by atoms with Crippen LogP contribution in [0.4, 0.5) is 5.69 Å². The van der Waals surface area contributed by atoms with E-state index in [1.807, 2.05) is 0 Å². The standard InChI is InChI=1S/C23H26N4O3S2/c28-23(25-16-18-9-13-27(14-10-18)17-21-2-1-15-31-21)19-3-5-22(6-4-19)32(29,30)26-20-7-11-24-12-8-20/h1-8,11-12,15,18H,9-10,13-14,16-17H2,(H,24,26)(H,25,28). The van der Waals surface area contributed by atoms with Crippen molar-refractivity contribution in [3.05, 3.63) is 76.7 Å². The number of nitrogens with one attached hydrogen (secondary N) is 2. The number of carbonyl (C=O) groups excluding carboxylic acids is 1. The van der Waals surface area contributed by atoms with Crippen LogP contribution in [0, 0.1) is 5.92 Å². The summed E-state index contributed by atoms with van der Waals surface area (Å²) in [6.07, 6.45) is 5.14. The Morgan fingerprint density at radius 3 is 2.44 bits per heavy atom. The zero-order chi connectivity index (χ0) is 22.4. The normalized spacial score (nSPS) is 15.4. The van der Waals surface area contributed by atoms with Gasteiger partial charge < -0.3 is 5.32 Å². The Bertz CT molecular complexity index is 1110. The molecule has 0 atom stereocenters. The van der Waals surface area contributed by atoms with Crippen molar-refractivity contribution in [2.45, 2.75) is 24.3 Å². The van der Waals surface area contributed by atoms with Gasteiger partial charge in [-0.1, -0.05) is 6.07 Å². The van der Waals surface area contributed by atoms with Crippen LogP contribution in [0.1, 0.15) is 28.1 Å². The van der Waals surface area contributed by atoms with Gasteiger partial charge in [0.05, 0.1) is 10.6 Å². The molecule has 2 N–H and O–H groups in total. The summed E-state index contributed by atoms with van der Waals surface area (Å²) in [5, 5.41) is 5.11. The van der Waals surface area contributed by atoms with Crippen molar-refractivity contribution in [1.29, 1.82) is 0 Å². The molecule has 3 aromatic rings. The molecule has 2 aromatic heterocycles. The number of nitrogens with zero attached hydrogens (tertiary/aromatic N) is 2. The third-order valence-electron chi connectivity index (χ3n) is 5.58. The van der Waals surface area contributed by atoms with Gasteiger partial charge in [0.2, 0.25) is 0 Å². The fourth-order valence-electron chi connectivity index (χ4n) is 3.73. The van der Waals surface area contributed by atoms with E-state index in [9.17, 15) is 13.2 Å². The van der Waals surface area contributed by atoms with Crippen LogP contribution in [0.2, 0.25) is 0 Å². The highest BCUT2D eigenvalue weighted by molar-refractivity contribution is 7.92. The molecule has 1 aliphatic heterocycles. The topological polar surface area (TPSA) is 91.4 Å². The highest BCUT2D eigenvalue weighted by Crippen LogP contribution is 2.20. The minimum absolute atomic E-state index is 0.101. The second-order valence-corrected chi connectivity index (χ2v) is 10.6. The van der Waals surface area contributed by atoms with Crippen LogP contribution in [0.3, 0.4) is 0 Å². The smallest absolute Gasteiger partial charge is 0.261 e. The average molecular weight is 471 g/mol. The van der Waals surface area contributed by atoms with Crippen molar-refractivity contribution in [2.75, 3.05) is 24.4 Å². The fourth-order valence-corrected chi connectivity index (χ4v) is 5.53. The summed E-state index contributed by atoms with van der Waals surface area (Å²) in [4.78, 5) is 20.3. The number of hydrogen-bond donors (Lipinski definition) is 2. The first kappa shape index (κ1) is 22.4. The molecule has 4 rings (SSSR count). The number of hydrogen-bond acceptors (Lipinski definition) is 6. The van der Waals surface area contributed by atoms with E-state index in [4.69, 9.17) is 0 Å². The van der Waals surface area contributed by atoms with E-state index < -0.39 is 10.0 Å². The molecule has 168 valence electrons. The molecule has 7 nitrogen and oxygen atoms in total. The van der Waals surface area contributed by atoms with Crippen LogP contribution in [0.15, 0.2) is 71.2 Å². The van der Waals surface area contributed by atoms with Crippen molar-refractivity contribution < 1.29 is 13.2 Å². The van der Waals surface area contributed by atoms with Crippen LogP contribution >= 0.6 is 11.3 Å². The molecule has 1 saturated heterocycles. The SMILES string of the molecule is O=C(NCC1CCN(Cc2cccs2)CC1)c1ccc(S(=O)(=O)Nc2ccncc2)cc1. The van der Waals surface area contributed by atoms with E-state index in [1.165, 1.54) is 29.4 Å². The summed E-state index contributed by atoms with van der Waals surface area (Å²) in [5.74, 6) is 0.278. The highest BCUT2D eigenvalue weighted by atomic mass is 32.2. The van der Waals surface area contributed by atoms with E-state index in [0.29, 0.717) is 23.7 Å². The zero-order valence-corrected chi connectivity index (χ0v) is 19.2. The van der Waals surface area contributed by atoms with E-state index in [2.05, 4.69) is 37.4 Å². The molecule has 1 aliphatic rings. The lowest BCUT2D eigenvalue weighted by atomic mass is 9.96. The number of rotatable bonds is 8. The minimum Gasteiger partial charge on any atom is -0.352 e. The number of benzene rings is 1. The minimum atomic E-state index is -3.72. The summed E-state index contributed by atoms with van der Waals surface area (Å²) >= 11 is 1.79. The lowest BCUT2D eigenvalue weighted by Crippen LogP contribution is -2.38. The third-order valence-corrected chi connectivity index (χ3v) is 7.84. The molecule has 0 radical (unpaired) electrons. The van der Waals surface area contributed by atoms with E-state index >= 15 is 0 Å². The number of pyridine rings is 1. The molecule has 0 aliphatic carbocycles. The maximum atomic E-state index is 12.5. The molecule has 1 aromatic carbocycles. The summed E-state index contributed by atoms with van der Waals surface area (Å²) in [5.41, 5.74) is 0.881. The van der Waals surface area contributed by atoms with Gasteiger partial charge in [-0.05, 0) is 79.7 Å². The Morgan fingerprint density at radius 1 is 1.06 bits per heavy atom. The molecule has 3 heterocycles. The Kier molecular flexibility index (Phi) is 7.19. The average Bonchev–Trinajstić information content (AvgIpc) is 3.32. The predicted molar refractivity (Wildman–Crippen MR) is 126 cm³/mol. The van der Waals surface area contributed by atoms with Crippen LogP contribution in [-0.4, -0.2) is 43.8 Å². The molecule has 0 spiro atoms. The molecular weight excluding hydrogens is 444 g/mol. The number of carbonyl (C=O) groups is 1.